The molecule has 1 aromatic rings. The minimum absolute atomic E-state index is 0.120. The van der Waals surface area contributed by atoms with Crippen LogP contribution in [0.15, 0.2) is 17.3 Å². The summed E-state index contributed by atoms with van der Waals surface area (Å²) in [6, 6.07) is 1.19. The van der Waals surface area contributed by atoms with Crippen LogP contribution in [-0.4, -0.2) is 25.6 Å². The Balaban J connectivity index is 3.12. The number of carbonyl (C=O) groups is 1. The van der Waals surface area contributed by atoms with Crippen LogP contribution in [-0.2, 0) is 21.8 Å². The largest absolute Gasteiger partial charge is 0.462 e. The summed E-state index contributed by atoms with van der Waals surface area (Å²) in [6.07, 6.45) is 1.36. The molecule has 7 heteroatoms. The van der Waals surface area contributed by atoms with Crippen LogP contribution in [0.1, 0.15) is 17.3 Å². The number of nitrogens with two attached hydrogens (primary N) is 1. The van der Waals surface area contributed by atoms with E-state index in [2.05, 4.69) is 0 Å². The summed E-state index contributed by atoms with van der Waals surface area (Å²) in [4.78, 5) is 11.3. The third-order valence-corrected chi connectivity index (χ3v) is 2.75. The van der Waals surface area contributed by atoms with E-state index in [0.717, 1.165) is 0 Å². The zero-order valence-corrected chi connectivity index (χ0v) is 9.24. The minimum Gasteiger partial charge on any atom is -0.462 e. The Morgan fingerprint density at radius 1 is 1.60 bits per heavy atom. The maximum Gasteiger partial charge on any atom is 0.339 e. The van der Waals surface area contributed by atoms with E-state index in [1.807, 2.05) is 0 Å². The number of rotatable bonds is 3. The molecule has 0 saturated heterocycles. The van der Waals surface area contributed by atoms with E-state index < -0.39 is 16.0 Å². The molecule has 6 nitrogen and oxygen atoms in total. The number of esters is 1. The number of ether oxygens (including phenoxy) is 1. The van der Waals surface area contributed by atoms with Crippen LogP contribution < -0.4 is 5.14 Å². The lowest BCUT2D eigenvalue weighted by Crippen LogP contribution is -2.15. The highest BCUT2D eigenvalue weighted by Crippen LogP contribution is 2.12. The van der Waals surface area contributed by atoms with Gasteiger partial charge >= 0.3 is 5.97 Å². The van der Waals surface area contributed by atoms with Crippen molar-refractivity contribution in [2.24, 2.45) is 12.2 Å². The smallest absolute Gasteiger partial charge is 0.339 e. The summed E-state index contributed by atoms with van der Waals surface area (Å²) >= 11 is 0. The molecule has 0 fully saturated rings. The number of aryl methyl sites for hydroxylation is 1. The molecule has 2 N–H and O–H groups in total. The van der Waals surface area contributed by atoms with Crippen molar-refractivity contribution < 1.29 is 17.9 Å². The second-order valence-corrected chi connectivity index (χ2v) is 4.45. The predicted octanol–water partition coefficient (Wildman–Crippen LogP) is -0.151. The van der Waals surface area contributed by atoms with Crippen LogP contribution in [0.5, 0.6) is 0 Å². The Bertz CT molecular complexity index is 475. The van der Waals surface area contributed by atoms with Gasteiger partial charge in [-0.25, -0.2) is 18.4 Å². The average molecular weight is 232 g/mol. The van der Waals surface area contributed by atoms with Crippen LogP contribution in [0.4, 0.5) is 0 Å². The molecule has 0 aliphatic heterocycles. The summed E-state index contributed by atoms with van der Waals surface area (Å²) in [5.41, 5.74) is 0.170. The zero-order chi connectivity index (χ0) is 11.6. The summed E-state index contributed by atoms with van der Waals surface area (Å²) in [5, 5.41) is 4.82. The van der Waals surface area contributed by atoms with Gasteiger partial charge in [-0.1, -0.05) is 0 Å². The molecule has 0 unspecified atom stereocenters. The third kappa shape index (κ3) is 2.57. The van der Waals surface area contributed by atoms with E-state index in [4.69, 9.17) is 9.88 Å². The van der Waals surface area contributed by atoms with Crippen molar-refractivity contribution in [2.75, 3.05) is 6.61 Å². The monoisotopic (exact) mass is 232 g/mol. The molecule has 1 heterocycles. The molecule has 0 saturated carbocycles. The number of sulfonamides is 1. The summed E-state index contributed by atoms with van der Waals surface area (Å²) < 4.78 is 28.1. The fourth-order valence-electron chi connectivity index (χ4n) is 1.15. The number of hydrogen-bond acceptors (Lipinski definition) is 4. The predicted molar refractivity (Wildman–Crippen MR) is 52.7 cm³/mol. The van der Waals surface area contributed by atoms with Gasteiger partial charge in [0.05, 0.1) is 12.2 Å². The normalized spacial score (nSPS) is 11.4. The van der Waals surface area contributed by atoms with Crippen molar-refractivity contribution in [1.29, 1.82) is 0 Å². The molecule has 15 heavy (non-hydrogen) atoms. The third-order valence-electron chi connectivity index (χ3n) is 1.76. The SMILES string of the molecule is CCOC(=O)c1cc(S(N)(=O)=O)n(C)c1. The first-order valence-electron chi connectivity index (χ1n) is 4.22. The van der Waals surface area contributed by atoms with Gasteiger partial charge in [0.2, 0.25) is 0 Å². The van der Waals surface area contributed by atoms with E-state index in [9.17, 15) is 13.2 Å². The first-order chi connectivity index (χ1) is 6.86. The van der Waals surface area contributed by atoms with Gasteiger partial charge in [-0.3, -0.25) is 0 Å². The molecule has 0 amide bonds. The van der Waals surface area contributed by atoms with Gasteiger partial charge in [0.25, 0.3) is 10.0 Å². The summed E-state index contributed by atoms with van der Waals surface area (Å²) in [5.74, 6) is -0.567. The molecule has 0 atom stereocenters. The molecule has 0 spiro atoms. The molecule has 1 aromatic heterocycles. The van der Waals surface area contributed by atoms with Crippen LogP contribution >= 0.6 is 0 Å². The Morgan fingerprint density at radius 2 is 2.20 bits per heavy atom. The molecule has 0 aliphatic carbocycles. The first-order valence-corrected chi connectivity index (χ1v) is 5.77. The van der Waals surface area contributed by atoms with Gasteiger partial charge in [-0.05, 0) is 13.0 Å². The van der Waals surface area contributed by atoms with Crippen LogP contribution in [0, 0.1) is 0 Å². The maximum atomic E-state index is 11.3. The van der Waals surface area contributed by atoms with Crippen molar-refractivity contribution in [3.05, 3.63) is 17.8 Å². The Labute approximate surface area is 87.7 Å². The van der Waals surface area contributed by atoms with Gasteiger partial charge in [-0.15, -0.1) is 0 Å². The second-order valence-electron chi connectivity index (χ2n) is 2.94. The van der Waals surface area contributed by atoms with Crippen LogP contribution in [0.3, 0.4) is 0 Å². The van der Waals surface area contributed by atoms with E-state index in [1.54, 1.807) is 6.92 Å². The lowest BCUT2D eigenvalue weighted by molar-refractivity contribution is 0.0526. The first kappa shape index (κ1) is 11.7. The van der Waals surface area contributed by atoms with E-state index in [0.29, 0.717) is 0 Å². The number of aromatic nitrogens is 1. The standard InChI is InChI=1S/C8H12N2O4S/c1-3-14-8(11)6-4-7(10(2)5-6)15(9,12)13/h4-5H,3H2,1-2H3,(H2,9,12,13). The Morgan fingerprint density at radius 3 is 2.60 bits per heavy atom. The molecule has 1 rings (SSSR count). The summed E-state index contributed by atoms with van der Waals surface area (Å²) in [7, 11) is -2.32. The Kier molecular flexibility index (Phi) is 3.15. The fourth-order valence-corrected chi connectivity index (χ4v) is 1.90. The molecule has 0 aromatic carbocycles. The number of carbonyl (C=O) groups excluding carboxylic acids is 1. The molecule has 0 radical (unpaired) electrons. The van der Waals surface area contributed by atoms with Crippen LogP contribution in [0.25, 0.3) is 0 Å². The molecule has 84 valence electrons. The highest BCUT2D eigenvalue weighted by atomic mass is 32.2. The van der Waals surface area contributed by atoms with Crippen molar-refractivity contribution in [2.45, 2.75) is 11.9 Å². The lowest BCUT2D eigenvalue weighted by atomic mass is 10.3. The second kappa shape index (κ2) is 4.03. The number of hydrogen-bond donors (Lipinski definition) is 1. The van der Waals surface area contributed by atoms with E-state index >= 15 is 0 Å². The summed E-state index contributed by atoms with van der Waals surface area (Å²) in [6.45, 7) is 1.90. The fraction of sp³-hybridized carbons (Fsp3) is 0.375. The van der Waals surface area contributed by atoms with Gasteiger partial charge < -0.3 is 9.30 Å². The maximum absolute atomic E-state index is 11.3. The van der Waals surface area contributed by atoms with Gasteiger partial charge in [-0.2, -0.15) is 0 Å². The van der Waals surface area contributed by atoms with E-state index in [1.165, 1.54) is 23.9 Å². The molecular formula is C8H12N2O4S. The lowest BCUT2D eigenvalue weighted by Gasteiger charge is -1.97. The van der Waals surface area contributed by atoms with E-state index in [-0.39, 0.29) is 17.2 Å². The molecule has 0 bridgehead atoms. The number of nitrogens with zero attached hydrogens (tertiary/aromatic N) is 1. The minimum atomic E-state index is -3.81. The van der Waals surface area contributed by atoms with Gasteiger partial charge in [0.15, 0.2) is 5.03 Å². The molecule has 0 aliphatic rings. The van der Waals surface area contributed by atoms with Crippen LogP contribution in [0.2, 0.25) is 0 Å². The number of primary sulfonamides is 1. The Hall–Kier alpha value is -1.34. The highest BCUT2D eigenvalue weighted by Gasteiger charge is 2.17. The van der Waals surface area contributed by atoms with Crippen molar-refractivity contribution in [1.82, 2.24) is 4.57 Å². The highest BCUT2D eigenvalue weighted by molar-refractivity contribution is 7.89. The topological polar surface area (TPSA) is 91.4 Å². The quantitative estimate of drug-likeness (QED) is 0.733. The average Bonchev–Trinajstić information content (AvgIpc) is 2.47. The zero-order valence-electron chi connectivity index (χ0n) is 8.43. The van der Waals surface area contributed by atoms with Gasteiger partial charge in [0.1, 0.15) is 0 Å². The molecular weight excluding hydrogens is 220 g/mol. The van der Waals surface area contributed by atoms with Crippen molar-refractivity contribution in [3.63, 3.8) is 0 Å². The van der Waals surface area contributed by atoms with Crippen molar-refractivity contribution in [3.8, 4) is 0 Å². The van der Waals surface area contributed by atoms with Gasteiger partial charge in [0, 0.05) is 13.2 Å². The van der Waals surface area contributed by atoms with Crippen molar-refractivity contribution >= 4 is 16.0 Å².